The van der Waals surface area contributed by atoms with Crippen LogP contribution in [0.25, 0.3) is 5.69 Å². The zero-order valence-corrected chi connectivity index (χ0v) is 20.2. The van der Waals surface area contributed by atoms with Crippen LogP contribution in [0.4, 0.5) is 13.2 Å². The van der Waals surface area contributed by atoms with Crippen LogP contribution in [-0.4, -0.2) is 45.7 Å². The first kappa shape index (κ1) is 25.7. The van der Waals surface area contributed by atoms with E-state index >= 15 is 0 Å². The highest BCUT2D eigenvalue weighted by Crippen LogP contribution is 2.39. The number of ether oxygens (including phenoxy) is 1. The molecule has 2 heterocycles. The summed E-state index contributed by atoms with van der Waals surface area (Å²) in [5.41, 5.74) is 0.566. The predicted molar refractivity (Wildman–Crippen MR) is 122 cm³/mol. The summed E-state index contributed by atoms with van der Waals surface area (Å²) in [6, 6.07) is 5.13. The van der Waals surface area contributed by atoms with E-state index in [0.717, 1.165) is 29.9 Å². The lowest BCUT2D eigenvalue weighted by Crippen LogP contribution is -2.44. The highest BCUT2D eigenvalue weighted by atomic mass is 19.4. The Morgan fingerprint density at radius 3 is 2.25 bits per heavy atom. The summed E-state index contributed by atoms with van der Waals surface area (Å²) >= 11 is 0. The molecule has 1 saturated heterocycles. The van der Waals surface area contributed by atoms with Crippen molar-refractivity contribution in [3.8, 4) is 5.69 Å². The van der Waals surface area contributed by atoms with Crippen molar-refractivity contribution in [2.45, 2.75) is 58.7 Å². The van der Waals surface area contributed by atoms with Crippen molar-refractivity contribution < 1.29 is 37.1 Å². The van der Waals surface area contributed by atoms with Crippen LogP contribution in [0.3, 0.4) is 0 Å². The highest BCUT2D eigenvalue weighted by Gasteiger charge is 2.51. The maximum atomic E-state index is 13.1. The summed E-state index contributed by atoms with van der Waals surface area (Å²) in [5.74, 6) is -2.95. The molecule has 4 rings (SSSR count). The Labute approximate surface area is 206 Å². The van der Waals surface area contributed by atoms with E-state index in [4.69, 9.17) is 4.74 Å². The first-order chi connectivity index (χ1) is 16.9. The van der Waals surface area contributed by atoms with Crippen molar-refractivity contribution >= 4 is 23.6 Å². The second-order valence-corrected chi connectivity index (χ2v) is 9.42. The second-order valence-electron chi connectivity index (χ2n) is 9.42. The molecule has 2 amide bonds. The van der Waals surface area contributed by atoms with E-state index in [1.807, 2.05) is 0 Å². The van der Waals surface area contributed by atoms with E-state index in [1.165, 1.54) is 29.7 Å². The number of amides is 2. The molecule has 0 radical (unpaired) electrons. The van der Waals surface area contributed by atoms with Gasteiger partial charge in [-0.2, -0.15) is 13.2 Å². The number of carbonyl (C=O) groups excluding carboxylic acids is 4. The van der Waals surface area contributed by atoms with E-state index in [1.54, 1.807) is 13.8 Å². The lowest BCUT2D eigenvalue weighted by atomic mass is 9.81. The molecular formula is C26H27F3N2O5. The zero-order chi connectivity index (χ0) is 26.4. The molecule has 2 fully saturated rings. The number of ketones is 1. The number of rotatable bonds is 6. The minimum Gasteiger partial charge on any atom is -0.456 e. The SMILES string of the molecule is Cc1cc(C(=O)COC(=O)C(C)N2C(=O)C3CCCCC3C2=O)c(C)n1-c1cccc(C(F)(F)F)c1. The lowest BCUT2D eigenvalue weighted by molar-refractivity contribution is -0.157. The van der Waals surface area contributed by atoms with Gasteiger partial charge in [0.05, 0.1) is 17.4 Å². The molecule has 192 valence electrons. The Balaban J connectivity index is 1.46. The molecule has 0 N–H and O–H groups in total. The molecule has 10 heteroatoms. The number of Topliss-reactive ketones (excluding diaryl/α,β-unsaturated/α-hetero) is 1. The molecule has 2 aromatic rings. The largest absolute Gasteiger partial charge is 0.456 e. The third-order valence-corrected chi connectivity index (χ3v) is 7.11. The average molecular weight is 505 g/mol. The first-order valence-corrected chi connectivity index (χ1v) is 11.8. The second kappa shape index (κ2) is 9.55. The number of fused-ring (bicyclic) bond motifs is 1. The van der Waals surface area contributed by atoms with Gasteiger partial charge in [-0.05, 0) is 57.9 Å². The van der Waals surface area contributed by atoms with Gasteiger partial charge in [-0.15, -0.1) is 0 Å². The van der Waals surface area contributed by atoms with Crippen LogP contribution < -0.4 is 0 Å². The van der Waals surface area contributed by atoms with Crippen molar-refractivity contribution in [3.63, 3.8) is 0 Å². The molecule has 3 unspecified atom stereocenters. The predicted octanol–water partition coefficient (Wildman–Crippen LogP) is 4.40. The summed E-state index contributed by atoms with van der Waals surface area (Å²) in [4.78, 5) is 51.9. The van der Waals surface area contributed by atoms with Gasteiger partial charge in [-0.1, -0.05) is 18.9 Å². The highest BCUT2D eigenvalue weighted by molar-refractivity contribution is 6.08. The van der Waals surface area contributed by atoms with Crippen molar-refractivity contribution in [1.29, 1.82) is 0 Å². The number of halogens is 3. The van der Waals surface area contributed by atoms with E-state index < -0.39 is 48.0 Å². The molecule has 1 aromatic heterocycles. The van der Waals surface area contributed by atoms with Gasteiger partial charge in [0, 0.05) is 22.6 Å². The van der Waals surface area contributed by atoms with Gasteiger partial charge >= 0.3 is 12.1 Å². The normalized spacial score (nSPS) is 20.9. The van der Waals surface area contributed by atoms with Crippen molar-refractivity contribution in [1.82, 2.24) is 9.47 Å². The number of imide groups is 1. The molecule has 7 nitrogen and oxygen atoms in total. The number of hydrogen-bond acceptors (Lipinski definition) is 5. The molecule has 36 heavy (non-hydrogen) atoms. The van der Waals surface area contributed by atoms with Gasteiger partial charge in [-0.25, -0.2) is 4.79 Å². The monoisotopic (exact) mass is 504 g/mol. The molecule has 1 aliphatic carbocycles. The number of carbonyl (C=O) groups is 4. The molecular weight excluding hydrogens is 477 g/mol. The van der Waals surface area contributed by atoms with Gasteiger partial charge < -0.3 is 9.30 Å². The van der Waals surface area contributed by atoms with Crippen LogP contribution in [0.5, 0.6) is 0 Å². The molecule has 3 atom stereocenters. The van der Waals surface area contributed by atoms with Crippen molar-refractivity contribution in [3.05, 3.63) is 52.8 Å². The number of esters is 1. The van der Waals surface area contributed by atoms with Crippen LogP contribution >= 0.6 is 0 Å². The third kappa shape index (κ3) is 4.56. The van der Waals surface area contributed by atoms with Crippen LogP contribution in [0.15, 0.2) is 30.3 Å². The molecule has 0 spiro atoms. The Morgan fingerprint density at radius 2 is 1.67 bits per heavy atom. The molecule has 0 bridgehead atoms. The molecule has 1 aromatic carbocycles. The molecule has 1 aliphatic heterocycles. The Hall–Kier alpha value is -3.43. The van der Waals surface area contributed by atoms with Gasteiger partial charge in [0.25, 0.3) is 0 Å². The fourth-order valence-corrected chi connectivity index (χ4v) is 5.27. The number of alkyl halides is 3. The third-order valence-electron chi connectivity index (χ3n) is 7.11. The average Bonchev–Trinajstić information content (AvgIpc) is 3.28. The minimum atomic E-state index is -4.51. The Morgan fingerprint density at radius 1 is 1.06 bits per heavy atom. The smallest absolute Gasteiger partial charge is 0.416 e. The van der Waals surface area contributed by atoms with E-state index in [0.29, 0.717) is 24.2 Å². The van der Waals surface area contributed by atoms with E-state index in [-0.39, 0.29) is 23.1 Å². The summed E-state index contributed by atoms with van der Waals surface area (Å²) in [6.45, 7) is 4.02. The number of aryl methyl sites for hydroxylation is 1. The minimum absolute atomic E-state index is 0.199. The number of benzene rings is 1. The van der Waals surface area contributed by atoms with Gasteiger partial charge in [-0.3, -0.25) is 19.3 Å². The summed E-state index contributed by atoms with van der Waals surface area (Å²) in [6.07, 6.45) is -1.55. The molecule has 2 aliphatic rings. The van der Waals surface area contributed by atoms with E-state index in [2.05, 4.69) is 0 Å². The summed E-state index contributed by atoms with van der Waals surface area (Å²) in [7, 11) is 0. The van der Waals surface area contributed by atoms with Crippen LogP contribution in [0.1, 0.15) is 59.9 Å². The van der Waals surface area contributed by atoms with Crippen molar-refractivity contribution in [2.24, 2.45) is 11.8 Å². The summed E-state index contributed by atoms with van der Waals surface area (Å²) < 4.78 is 46.1. The number of hydrogen-bond donors (Lipinski definition) is 0. The van der Waals surface area contributed by atoms with Crippen LogP contribution in [0.2, 0.25) is 0 Å². The number of likely N-dealkylation sites (tertiary alicyclic amines) is 1. The maximum absolute atomic E-state index is 13.1. The number of nitrogens with zero attached hydrogens (tertiary/aromatic N) is 2. The van der Waals surface area contributed by atoms with Gasteiger partial charge in [0.2, 0.25) is 17.6 Å². The quantitative estimate of drug-likeness (QED) is 0.331. The Bertz CT molecular complexity index is 1210. The van der Waals surface area contributed by atoms with Crippen LogP contribution in [-0.2, 0) is 25.3 Å². The summed E-state index contributed by atoms with van der Waals surface area (Å²) in [5, 5.41) is 0. The topological polar surface area (TPSA) is 85.7 Å². The van der Waals surface area contributed by atoms with Gasteiger partial charge in [0.15, 0.2) is 6.61 Å². The first-order valence-electron chi connectivity index (χ1n) is 11.8. The van der Waals surface area contributed by atoms with Gasteiger partial charge in [0.1, 0.15) is 6.04 Å². The fraction of sp³-hybridized carbons (Fsp3) is 0.462. The maximum Gasteiger partial charge on any atom is 0.416 e. The van der Waals surface area contributed by atoms with Crippen molar-refractivity contribution in [2.75, 3.05) is 6.61 Å². The fourth-order valence-electron chi connectivity index (χ4n) is 5.27. The lowest BCUT2D eigenvalue weighted by Gasteiger charge is -2.21. The standard InChI is InChI=1S/C26H27F3N2O5/c1-14-11-21(15(2)30(14)18-8-6-7-17(12-18)26(27,28)29)22(32)13-36-25(35)16(3)31-23(33)19-9-4-5-10-20(19)24(31)34/h6-8,11-12,16,19-20H,4-5,9-10,13H2,1-3H3. The number of aromatic nitrogens is 1. The zero-order valence-electron chi connectivity index (χ0n) is 20.2. The van der Waals surface area contributed by atoms with Crippen LogP contribution in [0, 0.1) is 25.7 Å². The molecule has 1 saturated carbocycles. The van der Waals surface area contributed by atoms with E-state index in [9.17, 15) is 32.3 Å². The Kier molecular flexibility index (Phi) is 6.81.